The Morgan fingerprint density at radius 2 is 2.38 bits per heavy atom. The summed E-state index contributed by atoms with van der Waals surface area (Å²) in [6.07, 6.45) is 0.460. The van der Waals surface area contributed by atoms with E-state index >= 15 is 0 Å². The van der Waals surface area contributed by atoms with E-state index in [1.807, 2.05) is 11.4 Å². The van der Waals surface area contributed by atoms with Crippen LogP contribution in [-0.2, 0) is 11.2 Å². The number of benzene rings is 1. The molecule has 108 valence electrons. The molecule has 0 aliphatic rings. The smallest absolute Gasteiger partial charge is 0.303 e. The highest BCUT2D eigenvalue weighted by Crippen LogP contribution is 2.30. The Morgan fingerprint density at radius 1 is 1.57 bits per heavy atom. The van der Waals surface area contributed by atoms with Crippen molar-refractivity contribution < 1.29 is 14.6 Å². The van der Waals surface area contributed by atoms with Crippen molar-refractivity contribution in [1.29, 1.82) is 5.26 Å². The lowest BCUT2D eigenvalue weighted by molar-refractivity contribution is -0.136. The minimum absolute atomic E-state index is 0.0589. The van der Waals surface area contributed by atoms with Crippen LogP contribution in [0.15, 0.2) is 23.6 Å². The summed E-state index contributed by atoms with van der Waals surface area (Å²) in [5, 5.41) is 23.1. The Morgan fingerprint density at radius 3 is 3.05 bits per heavy atom. The summed E-state index contributed by atoms with van der Waals surface area (Å²) in [5.74, 6) is -0.289. The maximum absolute atomic E-state index is 10.5. The number of thiazole rings is 1. The van der Waals surface area contributed by atoms with Gasteiger partial charge in [-0.25, -0.2) is 4.98 Å². The summed E-state index contributed by atoms with van der Waals surface area (Å²) in [5.41, 5.74) is 1.95. The summed E-state index contributed by atoms with van der Waals surface area (Å²) in [6, 6.07) is 7.12. The third kappa shape index (κ3) is 3.94. The van der Waals surface area contributed by atoms with E-state index < -0.39 is 5.97 Å². The van der Waals surface area contributed by atoms with Gasteiger partial charge in [0, 0.05) is 17.9 Å². The highest BCUT2D eigenvalue weighted by Gasteiger charge is 2.08. The SMILES string of the molecule is COc1cc(C#N)ccc1Nc1nc(CCC(=O)O)cs1. The molecule has 2 aromatic rings. The molecule has 0 amide bonds. The number of rotatable bonds is 6. The highest BCUT2D eigenvalue weighted by molar-refractivity contribution is 7.13. The zero-order chi connectivity index (χ0) is 15.2. The highest BCUT2D eigenvalue weighted by atomic mass is 32.1. The quantitative estimate of drug-likeness (QED) is 0.852. The zero-order valence-corrected chi connectivity index (χ0v) is 12.1. The number of aromatic nitrogens is 1. The first kappa shape index (κ1) is 14.8. The number of hydrogen-bond donors (Lipinski definition) is 2. The molecule has 0 aliphatic heterocycles. The first-order chi connectivity index (χ1) is 10.1. The second kappa shape index (κ2) is 6.72. The van der Waals surface area contributed by atoms with Crippen molar-refractivity contribution in [3.63, 3.8) is 0 Å². The van der Waals surface area contributed by atoms with Crippen molar-refractivity contribution in [1.82, 2.24) is 4.98 Å². The van der Waals surface area contributed by atoms with Crippen LogP contribution in [0.5, 0.6) is 5.75 Å². The van der Waals surface area contributed by atoms with Gasteiger partial charge in [-0.1, -0.05) is 0 Å². The number of hydrogen-bond acceptors (Lipinski definition) is 6. The van der Waals surface area contributed by atoms with Crippen molar-refractivity contribution in [2.45, 2.75) is 12.8 Å². The van der Waals surface area contributed by atoms with E-state index in [1.165, 1.54) is 18.4 Å². The van der Waals surface area contributed by atoms with Gasteiger partial charge < -0.3 is 15.2 Å². The average molecular weight is 303 g/mol. The van der Waals surface area contributed by atoms with Crippen LogP contribution in [0, 0.1) is 11.3 Å². The van der Waals surface area contributed by atoms with Gasteiger partial charge in [-0.3, -0.25) is 4.79 Å². The van der Waals surface area contributed by atoms with Gasteiger partial charge in [-0.15, -0.1) is 11.3 Å². The molecular formula is C14H13N3O3S. The normalized spacial score (nSPS) is 9.90. The first-order valence-electron chi connectivity index (χ1n) is 6.13. The molecule has 0 aliphatic carbocycles. The number of nitrogens with one attached hydrogen (secondary N) is 1. The maximum Gasteiger partial charge on any atom is 0.303 e. The fourth-order valence-electron chi connectivity index (χ4n) is 1.69. The molecule has 1 aromatic heterocycles. The molecule has 2 rings (SSSR count). The third-order valence-electron chi connectivity index (χ3n) is 2.72. The van der Waals surface area contributed by atoms with Crippen molar-refractivity contribution in [3.05, 3.63) is 34.8 Å². The number of nitriles is 1. The second-order valence-corrected chi connectivity index (χ2v) is 5.05. The number of ether oxygens (including phenoxy) is 1. The van der Waals surface area contributed by atoms with Crippen LogP contribution in [0.25, 0.3) is 0 Å². The minimum atomic E-state index is -0.841. The number of carbonyl (C=O) groups is 1. The monoisotopic (exact) mass is 303 g/mol. The fourth-order valence-corrected chi connectivity index (χ4v) is 2.45. The van der Waals surface area contributed by atoms with Gasteiger partial charge in [0.15, 0.2) is 5.13 Å². The predicted molar refractivity (Wildman–Crippen MR) is 79.1 cm³/mol. The number of methoxy groups -OCH3 is 1. The standard InChI is InChI=1S/C14H13N3O3S/c1-20-12-6-9(7-15)2-4-11(12)17-14-16-10(8-21-14)3-5-13(18)19/h2,4,6,8H,3,5H2,1H3,(H,16,17)(H,18,19). The van der Waals surface area contributed by atoms with E-state index in [2.05, 4.69) is 10.3 Å². The van der Waals surface area contributed by atoms with Crippen molar-refractivity contribution in [2.75, 3.05) is 12.4 Å². The topological polar surface area (TPSA) is 95.2 Å². The van der Waals surface area contributed by atoms with Gasteiger partial charge in [-0.05, 0) is 12.1 Å². The summed E-state index contributed by atoms with van der Waals surface area (Å²) in [6.45, 7) is 0. The summed E-state index contributed by atoms with van der Waals surface area (Å²) in [7, 11) is 1.53. The zero-order valence-electron chi connectivity index (χ0n) is 11.3. The molecule has 0 bridgehead atoms. The van der Waals surface area contributed by atoms with Gasteiger partial charge >= 0.3 is 5.97 Å². The Labute approximate surface area is 125 Å². The van der Waals surface area contributed by atoms with Gasteiger partial charge in [-0.2, -0.15) is 5.26 Å². The van der Waals surface area contributed by atoms with Crippen LogP contribution in [0.3, 0.4) is 0 Å². The van der Waals surface area contributed by atoms with E-state index in [9.17, 15) is 4.79 Å². The molecule has 0 spiro atoms. The van der Waals surface area contributed by atoms with Crippen LogP contribution in [0.4, 0.5) is 10.8 Å². The van der Waals surface area contributed by atoms with E-state index in [4.69, 9.17) is 15.1 Å². The Bertz CT molecular complexity index is 691. The lowest BCUT2D eigenvalue weighted by Gasteiger charge is -2.09. The van der Waals surface area contributed by atoms with E-state index in [-0.39, 0.29) is 6.42 Å². The minimum Gasteiger partial charge on any atom is -0.495 e. The van der Waals surface area contributed by atoms with Crippen molar-refractivity contribution in [2.24, 2.45) is 0 Å². The molecule has 0 saturated heterocycles. The molecule has 21 heavy (non-hydrogen) atoms. The predicted octanol–water partition coefficient (Wildman–Crippen LogP) is 2.78. The number of carboxylic acid groups (broad SMARTS) is 1. The number of anilines is 2. The van der Waals surface area contributed by atoms with E-state index in [0.29, 0.717) is 28.6 Å². The molecule has 1 heterocycles. The van der Waals surface area contributed by atoms with Gasteiger partial charge in [0.05, 0.1) is 36.5 Å². The molecule has 0 saturated carbocycles. The lowest BCUT2D eigenvalue weighted by atomic mass is 10.2. The van der Waals surface area contributed by atoms with E-state index in [1.54, 1.807) is 18.2 Å². The van der Waals surface area contributed by atoms with Crippen LogP contribution in [0.1, 0.15) is 17.7 Å². The maximum atomic E-state index is 10.5. The van der Waals surface area contributed by atoms with Crippen molar-refractivity contribution in [3.8, 4) is 11.8 Å². The number of aliphatic carboxylic acids is 1. The number of aryl methyl sites for hydroxylation is 1. The van der Waals surface area contributed by atoms with Crippen LogP contribution in [0.2, 0.25) is 0 Å². The van der Waals surface area contributed by atoms with Crippen LogP contribution >= 0.6 is 11.3 Å². The van der Waals surface area contributed by atoms with Gasteiger partial charge in [0.1, 0.15) is 5.75 Å². The van der Waals surface area contributed by atoms with E-state index in [0.717, 1.165) is 5.69 Å². The summed E-state index contributed by atoms with van der Waals surface area (Å²) < 4.78 is 5.23. The Hall–Kier alpha value is -2.59. The summed E-state index contributed by atoms with van der Waals surface area (Å²) >= 11 is 1.39. The molecule has 0 radical (unpaired) electrons. The summed E-state index contributed by atoms with van der Waals surface area (Å²) in [4.78, 5) is 14.9. The van der Waals surface area contributed by atoms with Crippen LogP contribution < -0.4 is 10.1 Å². The molecule has 0 fully saturated rings. The molecule has 7 heteroatoms. The van der Waals surface area contributed by atoms with Crippen molar-refractivity contribution >= 4 is 28.1 Å². The Kier molecular flexibility index (Phi) is 4.74. The Balaban J connectivity index is 2.11. The second-order valence-electron chi connectivity index (χ2n) is 4.19. The molecule has 1 aromatic carbocycles. The van der Waals surface area contributed by atoms with Gasteiger partial charge in [0.25, 0.3) is 0 Å². The molecule has 2 N–H and O–H groups in total. The molecular weight excluding hydrogens is 290 g/mol. The third-order valence-corrected chi connectivity index (χ3v) is 3.53. The lowest BCUT2D eigenvalue weighted by Crippen LogP contribution is -1.98. The van der Waals surface area contributed by atoms with Crippen LogP contribution in [-0.4, -0.2) is 23.2 Å². The average Bonchev–Trinajstić information content (AvgIpc) is 2.93. The number of nitrogens with zero attached hydrogens (tertiary/aromatic N) is 2. The largest absolute Gasteiger partial charge is 0.495 e. The van der Waals surface area contributed by atoms with Gasteiger partial charge in [0.2, 0.25) is 0 Å². The molecule has 0 unspecified atom stereocenters. The molecule has 6 nitrogen and oxygen atoms in total. The fraction of sp³-hybridized carbons (Fsp3) is 0.214. The molecule has 0 atom stereocenters. The number of carboxylic acids is 1. The first-order valence-corrected chi connectivity index (χ1v) is 7.01.